The summed E-state index contributed by atoms with van der Waals surface area (Å²) in [7, 11) is 1.66. The largest absolute Gasteiger partial charge is 0.373 e. The van der Waals surface area contributed by atoms with E-state index in [9.17, 15) is 0 Å². The monoisotopic (exact) mass is 418 g/mol. The summed E-state index contributed by atoms with van der Waals surface area (Å²) in [6, 6.07) is 0. The molecule has 1 saturated heterocycles. The molecule has 1 aliphatic heterocycles. The molecule has 0 amide bonds. The highest BCUT2D eigenvalue weighted by atomic mass is 16.7. The maximum absolute atomic E-state index is 6.48. The molecule has 0 radical (unpaired) electrons. The summed E-state index contributed by atoms with van der Waals surface area (Å²) in [4.78, 5) is 0. The molecule has 2 unspecified atom stereocenters. The van der Waals surface area contributed by atoms with E-state index in [0.29, 0.717) is 6.61 Å². The third kappa shape index (κ3) is 10.1. The molecule has 0 aliphatic carbocycles. The van der Waals surface area contributed by atoms with E-state index >= 15 is 0 Å². The van der Waals surface area contributed by atoms with E-state index in [4.69, 9.17) is 28.4 Å². The van der Waals surface area contributed by atoms with Crippen LogP contribution in [0.3, 0.4) is 0 Å². The SMILES string of the molecule is COC1[C@@H](OC(C)(C)C)OC(COC(C)(C)C)[C@@H](OC(C)(C)C)[C@@H]1OC(C)(C)C. The predicted molar refractivity (Wildman–Crippen MR) is 115 cm³/mol. The van der Waals surface area contributed by atoms with Crippen molar-refractivity contribution in [2.45, 2.75) is 136 Å². The summed E-state index contributed by atoms with van der Waals surface area (Å²) in [5.74, 6) is 0. The molecule has 0 bridgehead atoms. The van der Waals surface area contributed by atoms with E-state index in [1.54, 1.807) is 7.11 Å². The normalized spacial score (nSPS) is 29.9. The molecule has 0 N–H and O–H groups in total. The Balaban J connectivity index is 3.32. The smallest absolute Gasteiger partial charge is 0.187 e. The summed E-state index contributed by atoms with van der Waals surface area (Å²) in [5.41, 5.74) is -1.47. The first-order valence-corrected chi connectivity index (χ1v) is 10.7. The van der Waals surface area contributed by atoms with Gasteiger partial charge in [-0.15, -0.1) is 0 Å². The molecule has 29 heavy (non-hydrogen) atoms. The van der Waals surface area contributed by atoms with E-state index < -0.39 is 18.0 Å². The fraction of sp³-hybridized carbons (Fsp3) is 1.00. The van der Waals surface area contributed by atoms with Crippen LogP contribution in [-0.4, -0.2) is 66.8 Å². The number of rotatable bonds is 6. The fourth-order valence-corrected chi connectivity index (χ4v) is 3.13. The lowest BCUT2D eigenvalue weighted by Gasteiger charge is -2.50. The van der Waals surface area contributed by atoms with Gasteiger partial charge in [0.2, 0.25) is 0 Å². The maximum atomic E-state index is 6.48. The Hall–Kier alpha value is -0.240. The van der Waals surface area contributed by atoms with Gasteiger partial charge in [0.1, 0.15) is 24.4 Å². The minimum atomic E-state index is -0.597. The predicted octanol–water partition coefficient (Wildman–Crippen LogP) is 4.72. The molecule has 6 heteroatoms. The number of methoxy groups -OCH3 is 1. The van der Waals surface area contributed by atoms with E-state index in [1.165, 1.54) is 0 Å². The van der Waals surface area contributed by atoms with Crippen LogP contribution >= 0.6 is 0 Å². The lowest BCUT2D eigenvalue weighted by Crippen LogP contribution is -2.64. The summed E-state index contributed by atoms with van der Waals surface area (Å²) in [5, 5.41) is 0. The first-order valence-electron chi connectivity index (χ1n) is 10.7. The molecule has 0 aromatic carbocycles. The minimum absolute atomic E-state index is 0.297. The van der Waals surface area contributed by atoms with Crippen LogP contribution in [0.4, 0.5) is 0 Å². The molecule has 1 rings (SSSR count). The molecule has 1 aliphatic rings. The highest BCUT2D eigenvalue weighted by Gasteiger charge is 2.51. The lowest BCUT2D eigenvalue weighted by molar-refractivity contribution is -0.353. The second-order valence-electron chi connectivity index (χ2n) is 11.8. The molecule has 6 nitrogen and oxygen atoms in total. The van der Waals surface area contributed by atoms with Crippen LogP contribution in [-0.2, 0) is 28.4 Å². The summed E-state index contributed by atoms with van der Waals surface area (Å²) >= 11 is 0. The third-order valence-corrected chi connectivity index (χ3v) is 3.99. The Kier molecular flexibility index (Phi) is 8.77. The number of hydrogen-bond donors (Lipinski definition) is 0. The van der Waals surface area contributed by atoms with Crippen LogP contribution in [0.1, 0.15) is 83.1 Å². The van der Waals surface area contributed by atoms with Crippen LogP contribution in [0.25, 0.3) is 0 Å². The Morgan fingerprint density at radius 1 is 0.586 bits per heavy atom. The van der Waals surface area contributed by atoms with Crippen molar-refractivity contribution in [3.05, 3.63) is 0 Å². The second kappa shape index (κ2) is 9.49. The van der Waals surface area contributed by atoms with Crippen molar-refractivity contribution in [1.82, 2.24) is 0 Å². The zero-order chi connectivity index (χ0) is 22.8. The second-order valence-corrected chi connectivity index (χ2v) is 11.8. The van der Waals surface area contributed by atoms with E-state index in [1.807, 2.05) is 83.1 Å². The Labute approximate surface area is 178 Å². The van der Waals surface area contributed by atoms with Crippen molar-refractivity contribution in [2.75, 3.05) is 13.7 Å². The summed E-state index contributed by atoms with van der Waals surface area (Å²) in [6.07, 6.45) is -2.15. The summed E-state index contributed by atoms with van der Waals surface area (Å²) < 4.78 is 37.5. The van der Waals surface area contributed by atoms with Crippen LogP contribution in [0.15, 0.2) is 0 Å². The Morgan fingerprint density at radius 3 is 1.41 bits per heavy atom. The molecule has 1 heterocycles. The molecule has 0 saturated carbocycles. The van der Waals surface area contributed by atoms with E-state index in [0.717, 1.165) is 0 Å². The van der Waals surface area contributed by atoms with Crippen molar-refractivity contribution in [2.24, 2.45) is 0 Å². The molecule has 5 atom stereocenters. The van der Waals surface area contributed by atoms with Gasteiger partial charge in [-0.2, -0.15) is 0 Å². The van der Waals surface area contributed by atoms with Gasteiger partial charge >= 0.3 is 0 Å². The van der Waals surface area contributed by atoms with E-state index in [-0.39, 0.29) is 35.1 Å². The van der Waals surface area contributed by atoms with E-state index in [2.05, 4.69) is 0 Å². The van der Waals surface area contributed by atoms with Gasteiger partial charge in [-0.3, -0.25) is 0 Å². The molecule has 174 valence electrons. The Bertz CT molecular complexity index is 491. The van der Waals surface area contributed by atoms with Crippen LogP contribution < -0.4 is 0 Å². The van der Waals surface area contributed by atoms with Gasteiger partial charge in [0.05, 0.1) is 29.0 Å². The van der Waals surface area contributed by atoms with Crippen LogP contribution in [0, 0.1) is 0 Å². The molecule has 0 aromatic rings. The van der Waals surface area contributed by atoms with Gasteiger partial charge in [-0.25, -0.2) is 0 Å². The lowest BCUT2D eigenvalue weighted by atomic mass is 9.95. The Morgan fingerprint density at radius 2 is 1.03 bits per heavy atom. The first-order chi connectivity index (χ1) is 12.8. The molecule has 1 fully saturated rings. The molecular formula is C23H46O6. The van der Waals surface area contributed by atoms with Crippen molar-refractivity contribution in [3.63, 3.8) is 0 Å². The standard InChI is InChI=1S/C23H46O6/c1-20(2,3)25-14-15-16(27-21(4,5)6)17(28-22(7,8)9)18(24-13)19(26-15)29-23(10,11)12/h15-19H,14H2,1-13H3/t15?,16-,17+,18?,19-/m1/s1. The van der Waals surface area contributed by atoms with Crippen molar-refractivity contribution >= 4 is 0 Å². The van der Waals surface area contributed by atoms with Gasteiger partial charge in [0, 0.05) is 7.11 Å². The minimum Gasteiger partial charge on any atom is -0.373 e. The van der Waals surface area contributed by atoms with Crippen LogP contribution in [0.2, 0.25) is 0 Å². The maximum Gasteiger partial charge on any atom is 0.187 e. The number of ether oxygens (including phenoxy) is 6. The average Bonchev–Trinajstić information content (AvgIpc) is 2.43. The van der Waals surface area contributed by atoms with Gasteiger partial charge in [-0.1, -0.05) is 0 Å². The average molecular weight is 419 g/mol. The highest BCUT2D eigenvalue weighted by Crippen LogP contribution is 2.35. The molecular weight excluding hydrogens is 372 g/mol. The fourth-order valence-electron chi connectivity index (χ4n) is 3.13. The van der Waals surface area contributed by atoms with Crippen LogP contribution in [0.5, 0.6) is 0 Å². The third-order valence-electron chi connectivity index (χ3n) is 3.99. The summed E-state index contributed by atoms with van der Waals surface area (Å²) in [6.45, 7) is 24.6. The number of hydrogen-bond acceptors (Lipinski definition) is 6. The van der Waals surface area contributed by atoms with Crippen molar-refractivity contribution in [1.29, 1.82) is 0 Å². The highest BCUT2D eigenvalue weighted by molar-refractivity contribution is 4.96. The van der Waals surface area contributed by atoms with Gasteiger partial charge in [0.15, 0.2) is 6.29 Å². The molecule has 0 aromatic heterocycles. The van der Waals surface area contributed by atoms with Crippen molar-refractivity contribution in [3.8, 4) is 0 Å². The zero-order valence-electron chi connectivity index (χ0n) is 21.0. The quantitative estimate of drug-likeness (QED) is 0.622. The zero-order valence-corrected chi connectivity index (χ0v) is 21.0. The van der Waals surface area contributed by atoms with Gasteiger partial charge in [0.25, 0.3) is 0 Å². The first kappa shape index (κ1) is 26.8. The topological polar surface area (TPSA) is 55.4 Å². The van der Waals surface area contributed by atoms with Gasteiger partial charge in [-0.05, 0) is 83.1 Å². The molecule has 0 spiro atoms. The van der Waals surface area contributed by atoms with Gasteiger partial charge < -0.3 is 28.4 Å². The van der Waals surface area contributed by atoms with Crippen molar-refractivity contribution < 1.29 is 28.4 Å².